The van der Waals surface area contributed by atoms with E-state index in [1.54, 1.807) is 40.2 Å². The molecule has 0 bridgehead atoms. The molecule has 104 valence electrons. The van der Waals surface area contributed by atoms with E-state index < -0.39 is 0 Å². The summed E-state index contributed by atoms with van der Waals surface area (Å²) in [6, 6.07) is 6.52. The first-order valence-corrected chi connectivity index (χ1v) is 6.63. The Labute approximate surface area is 116 Å². The van der Waals surface area contributed by atoms with Gasteiger partial charge in [-0.25, -0.2) is 4.39 Å². The molecule has 2 heterocycles. The molecule has 1 aromatic carbocycles. The van der Waals surface area contributed by atoms with Gasteiger partial charge in [0, 0.05) is 24.7 Å². The Kier molecular flexibility index (Phi) is 3.45. The highest BCUT2D eigenvalue weighted by Crippen LogP contribution is 2.34. The minimum Gasteiger partial charge on any atom is -0.335 e. The number of hydrogen-bond donors (Lipinski definition) is 0. The van der Waals surface area contributed by atoms with Crippen LogP contribution in [-0.2, 0) is 11.3 Å². The smallest absolute Gasteiger partial charge is 0.224 e. The maximum absolute atomic E-state index is 13.7. The van der Waals surface area contributed by atoms with Crippen LogP contribution in [0.5, 0.6) is 0 Å². The lowest BCUT2D eigenvalue weighted by atomic mass is 9.94. The van der Waals surface area contributed by atoms with Crippen molar-refractivity contribution in [3.05, 3.63) is 48.0 Å². The van der Waals surface area contributed by atoms with Crippen molar-refractivity contribution in [1.82, 2.24) is 19.9 Å². The van der Waals surface area contributed by atoms with Gasteiger partial charge in [0.2, 0.25) is 5.91 Å². The van der Waals surface area contributed by atoms with Gasteiger partial charge in [0.15, 0.2) is 0 Å². The molecule has 1 aliphatic heterocycles. The summed E-state index contributed by atoms with van der Waals surface area (Å²) in [6.45, 7) is 1.19. The minimum absolute atomic E-state index is 0.0278. The lowest BCUT2D eigenvalue weighted by Gasteiger charge is -2.41. The van der Waals surface area contributed by atoms with Gasteiger partial charge in [-0.2, -0.15) is 0 Å². The molecular formula is C14H15FN4O. The Morgan fingerprint density at radius 2 is 2.25 bits per heavy atom. The molecule has 0 N–H and O–H groups in total. The molecule has 5 nitrogen and oxygen atoms in total. The highest BCUT2D eigenvalue weighted by atomic mass is 19.1. The van der Waals surface area contributed by atoms with E-state index in [0.29, 0.717) is 25.1 Å². The first kappa shape index (κ1) is 12.8. The minimum atomic E-state index is -0.244. The largest absolute Gasteiger partial charge is 0.335 e. The number of benzene rings is 1. The van der Waals surface area contributed by atoms with Gasteiger partial charge in [0.05, 0.1) is 18.8 Å². The van der Waals surface area contributed by atoms with Gasteiger partial charge >= 0.3 is 0 Å². The summed E-state index contributed by atoms with van der Waals surface area (Å²) in [5.74, 6) is -0.216. The van der Waals surface area contributed by atoms with E-state index in [9.17, 15) is 9.18 Å². The molecule has 2 aromatic rings. The summed E-state index contributed by atoms with van der Waals surface area (Å²) >= 11 is 0. The van der Waals surface area contributed by atoms with Gasteiger partial charge < -0.3 is 4.90 Å². The molecule has 20 heavy (non-hydrogen) atoms. The fraction of sp³-hybridized carbons (Fsp3) is 0.357. The number of nitrogens with zero attached hydrogens (tertiary/aromatic N) is 4. The molecule has 1 atom stereocenters. The quantitative estimate of drug-likeness (QED) is 0.854. The van der Waals surface area contributed by atoms with Crippen molar-refractivity contribution in [2.75, 3.05) is 6.54 Å². The van der Waals surface area contributed by atoms with Crippen LogP contribution in [0.1, 0.15) is 24.4 Å². The van der Waals surface area contributed by atoms with Crippen LogP contribution < -0.4 is 0 Å². The average molecular weight is 274 g/mol. The molecule has 1 unspecified atom stereocenters. The van der Waals surface area contributed by atoms with Crippen molar-refractivity contribution >= 4 is 5.91 Å². The molecule has 6 heteroatoms. The number of amides is 1. The van der Waals surface area contributed by atoms with E-state index in [1.165, 1.54) is 6.07 Å². The number of halogens is 1. The SMILES string of the molecule is O=C(CCn1ccnn1)N1CCC1c1ccccc1F. The van der Waals surface area contributed by atoms with E-state index in [0.717, 1.165) is 6.42 Å². The van der Waals surface area contributed by atoms with Crippen molar-refractivity contribution in [1.29, 1.82) is 0 Å². The summed E-state index contributed by atoms with van der Waals surface area (Å²) in [5, 5.41) is 7.51. The molecule has 0 saturated carbocycles. The van der Waals surface area contributed by atoms with Gasteiger partial charge in [0.1, 0.15) is 5.82 Å². The van der Waals surface area contributed by atoms with Crippen LogP contribution in [-0.4, -0.2) is 32.3 Å². The number of carbonyl (C=O) groups excluding carboxylic acids is 1. The van der Waals surface area contributed by atoms with Crippen molar-refractivity contribution < 1.29 is 9.18 Å². The molecule has 0 aliphatic carbocycles. The lowest BCUT2D eigenvalue weighted by molar-refractivity contribution is -0.139. The van der Waals surface area contributed by atoms with E-state index in [4.69, 9.17) is 0 Å². The van der Waals surface area contributed by atoms with Crippen molar-refractivity contribution in [3.8, 4) is 0 Å². The predicted molar refractivity (Wildman–Crippen MR) is 70.1 cm³/mol. The Bertz CT molecular complexity index is 599. The van der Waals surface area contributed by atoms with Gasteiger partial charge in [-0.05, 0) is 12.5 Å². The number of likely N-dealkylation sites (tertiary alicyclic amines) is 1. The molecule has 3 rings (SSSR count). The topological polar surface area (TPSA) is 51.0 Å². The summed E-state index contributed by atoms with van der Waals surface area (Å²) in [5.41, 5.74) is 0.604. The van der Waals surface area contributed by atoms with E-state index in [2.05, 4.69) is 10.3 Å². The van der Waals surface area contributed by atoms with Gasteiger partial charge in [-0.15, -0.1) is 5.10 Å². The summed E-state index contributed by atoms with van der Waals surface area (Å²) in [6.07, 6.45) is 4.47. The molecule has 1 fully saturated rings. The van der Waals surface area contributed by atoms with Crippen molar-refractivity contribution in [2.45, 2.75) is 25.4 Å². The molecule has 1 saturated heterocycles. The Balaban J connectivity index is 1.63. The molecule has 1 amide bonds. The summed E-state index contributed by atoms with van der Waals surface area (Å²) in [4.78, 5) is 13.9. The highest BCUT2D eigenvalue weighted by Gasteiger charge is 2.34. The lowest BCUT2D eigenvalue weighted by Crippen LogP contribution is -2.45. The normalized spacial score (nSPS) is 17.9. The number of aryl methyl sites for hydroxylation is 1. The zero-order valence-electron chi connectivity index (χ0n) is 10.9. The maximum Gasteiger partial charge on any atom is 0.224 e. The van der Waals surface area contributed by atoms with Crippen LogP contribution in [0, 0.1) is 5.82 Å². The fourth-order valence-electron chi connectivity index (χ4n) is 2.46. The zero-order valence-corrected chi connectivity index (χ0v) is 10.9. The van der Waals surface area contributed by atoms with Gasteiger partial charge in [0.25, 0.3) is 0 Å². The third-order valence-corrected chi connectivity index (χ3v) is 3.63. The number of aromatic nitrogens is 3. The molecule has 0 radical (unpaired) electrons. The van der Waals surface area contributed by atoms with Crippen LogP contribution >= 0.6 is 0 Å². The highest BCUT2D eigenvalue weighted by molar-refractivity contribution is 5.77. The van der Waals surface area contributed by atoms with Gasteiger partial charge in [-0.1, -0.05) is 23.4 Å². The second-order valence-electron chi connectivity index (χ2n) is 4.83. The third kappa shape index (κ3) is 2.41. The van der Waals surface area contributed by atoms with E-state index >= 15 is 0 Å². The Hall–Kier alpha value is -2.24. The van der Waals surface area contributed by atoms with Crippen molar-refractivity contribution in [2.24, 2.45) is 0 Å². The van der Waals surface area contributed by atoms with Crippen LogP contribution in [0.25, 0.3) is 0 Å². The standard InChI is InChI=1S/C14H15FN4O/c15-12-4-2-1-3-11(12)13-5-9-19(13)14(20)6-8-18-10-7-16-17-18/h1-4,7,10,13H,5-6,8-9H2. The van der Waals surface area contributed by atoms with E-state index in [1.807, 2.05) is 0 Å². The molecule has 1 aliphatic rings. The fourth-order valence-corrected chi connectivity index (χ4v) is 2.46. The van der Waals surface area contributed by atoms with Crippen LogP contribution in [0.15, 0.2) is 36.7 Å². The third-order valence-electron chi connectivity index (χ3n) is 3.63. The van der Waals surface area contributed by atoms with Gasteiger partial charge in [-0.3, -0.25) is 9.48 Å². The van der Waals surface area contributed by atoms with Crippen LogP contribution in [0.2, 0.25) is 0 Å². The van der Waals surface area contributed by atoms with Crippen molar-refractivity contribution in [3.63, 3.8) is 0 Å². The predicted octanol–water partition coefficient (Wildman–Crippen LogP) is 1.78. The Morgan fingerprint density at radius 3 is 2.90 bits per heavy atom. The number of hydrogen-bond acceptors (Lipinski definition) is 3. The first-order chi connectivity index (χ1) is 9.75. The maximum atomic E-state index is 13.7. The summed E-state index contributed by atoms with van der Waals surface area (Å²) < 4.78 is 15.4. The number of rotatable bonds is 4. The molecule has 1 aromatic heterocycles. The second kappa shape index (κ2) is 5.40. The second-order valence-corrected chi connectivity index (χ2v) is 4.83. The molecular weight excluding hydrogens is 259 g/mol. The van der Waals surface area contributed by atoms with Crippen LogP contribution in [0.4, 0.5) is 4.39 Å². The summed E-state index contributed by atoms with van der Waals surface area (Å²) in [7, 11) is 0. The monoisotopic (exact) mass is 274 g/mol. The van der Waals surface area contributed by atoms with Crippen LogP contribution in [0.3, 0.4) is 0 Å². The zero-order chi connectivity index (χ0) is 13.9. The molecule has 0 spiro atoms. The first-order valence-electron chi connectivity index (χ1n) is 6.63. The average Bonchev–Trinajstić information content (AvgIpc) is 2.91. The van der Waals surface area contributed by atoms with E-state index in [-0.39, 0.29) is 17.8 Å². The Morgan fingerprint density at radius 1 is 1.40 bits per heavy atom. The number of carbonyl (C=O) groups is 1.